The second-order valence-electron chi connectivity index (χ2n) is 12.5. The highest BCUT2D eigenvalue weighted by Gasteiger charge is 2.54. The molecule has 0 bridgehead atoms. The number of carbonyl (C=O) groups excluding carboxylic acids is 2. The number of benzene rings is 3. The van der Waals surface area contributed by atoms with Crippen LogP contribution in [0, 0.1) is 12.8 Å². The highest BCUT2D eigenvalue weighted by atomic mass is 16.7. The van der Waals surface area contributed by atoms with E-state index in [1.54, 1.807) is 0 Å². The van der Waals surface area contributed by atoms with E-state index in [0.717, 1.165) is 22.3 Å². The minimum Gasteiger partial charge on any atom is -0.402 e. The van der Waals surface area contributed by atoms with Crippen molar-refractivity contribution in [3.8, 4) is 11.1 Å². The maximum absolute atomic E-state index is 13.9. The van der Waals surface area contributed by atoms with E-state index in [9.17, 15) is 9.59 Å². The maximum atomic E-state index is 13.9. The fourth-order valence-corrected chi connectivity index (χ4v) is 5.05. The smallest absolute Gasteiger partial charge is 0.402 e. The lowest BCUT2D eigenvalue weighted by Gasteiger charge is -2.32. The molecule has 1 aliphatic heterocycles. The van der Waals surface area contributed by atoms with Crippen LogP contribution in [-0.2, 0) is 20.5 Å². The molecule has 2 N–H and O–H groups in total. The highest BCUT2D eigenvalue weighted by Crippen LogP contribution is 2.38. The minimum atomic E-state index is -0.790. The van der Waals surface area contributed by atoms with Crippen LogP contribution in [0.5, 0.6) is 0 Å². The number of amides is 2. The number of rotatable bonds is 10. The quantitative estimate of drug-likeness (QED) is 0.294. The van der Waals surface area contributed by atoms with Crippen molar-refractivity contribution in [1.29, 1.82) is 0 Å². The Morgan fingerprint density at radius 1 is 0.805 bits per heavy atom. The molecular formula is C34H43BN2O4. The normalized spacial score (nSPS) is 17.2. The van der Waals surface area contributed by atoms with Crippen molar-refractivity contribution >= 4 is 18.9 Å². The fourth-order valence-electron chi connectivity index (χ4n) is 5.05. The summed E-state index contributed by atoms with van der Waals surface area (Å²) in [5.74, 6) is -0.626. The monoisotopic (exact) mass is 554 g/mol. The Morgan fingerprint density at radius 3 is 1.98 bits per heavy atom. The van der Waals surface area contributed by atoms with Gasteiger partial charge in [-0.3, -0.25) is 9.59 Å². The van der Waals surface area contributed by atoms with Crippen LogP contribution in [0.15, 0.2) is 78.9 Å². The summed E-state index contributed by atoms with van der Waals surface area (Å²) in [7, 11) is -0.593. The molecule has 3 aromatic rings. The van der Waals surface area contributed by atoms with Crippen LogP contribution >= 0.6 is 0 Å². The molecule has 41 heavy (non-hydrogen) atoms. The van der Waals surface area contributed by atoms with Gasteiger partial charge in [0.1, 0.15) is 6.04 Å². The Balaban J connectivity index is 1.59. The average molecular weight is 555 g/mol. The van der Waals surface area contributed by atoms with Gasteiger partial charge in [0.25, 0.3) is 5.91 Å². The van der Waals surface area contributed by atoms with Gasteiger partial charge < -0.3 is 19.9 Å². The van der Waals surface area contributed by atoms with E-state index in [4.69, 9.17) is 9.31 Å². The van der Waals surface area contributed by atoms with Gasteiger partial charge in [0.2, 0.25) is 5.91 Å². The van der Waals surface area contributed by atoms with Gasteiger partial charge in [0.05, 0.1) is 17.1 Å². The van der Waals surface area contributed by atoms with E-state index in [-0.39, 0.29) is 17.8 Å². The van der Waals surface area contributed by atoms with E-state index in [1.165, 1.54) is 0 Å². The zero-order valence-corrected chi connectivity index (χ0v) is 25.4. The van der Waals surface area contributed by atoms with Crippen molar-refractivity contribution in [2.75, 3.05) is 0 Å². The molecule has 3 aromatic carbocycles. The molecule has 4 rings (SSSR count). The van der Waals surface area contributed by atoms with E-state index >= 15 is 0 Å². The second-order valence-corrected chi connectivity index (χ2v) is 12.5. The second kappa shape index (κ2) is 12.6. The third-order valence-electron chi connectivity index (χ3n) is 8.15. The van der Waals surface area contributed by atoms with Gasteiger partial charge in [-0.2, -0.15) is 0 Å². The minimum absolute atomic E-state index is 0.264. The number of aryl methyl sites for hydroxylation is 1. The number of nitrogens with one attached hydrogen (secondary N) is 2. The fraction of sp³-hybridized carbons (Fsp3) is 0.412. The number of hydrogen-bond donors (Lipinski definition) is 2. The molecule has 0 radical (unpaired) electrons. The summed E-state index contributed by atoms with van der Waals surface area (Å²) in [5, 5.41) is 6.24. The third kappa shape index (κ3) is 7.46. The summed E-state index contributed by atoms with van der Waals surface area (Å²) >= 11 is 0. The Kier molecular flexibility index (Phi) is 9.40. The molecule has 0 spiro atoms. The first-order chi connectivity index (χ1) is 19.4. The molecule has 0 aliphatic carbocycles. The van der Waals surface area contributed by atoms with Crippen LogP contribution in [0.4, 0.5) is 0 Å². The molecule has 0 aromatic heterocycles. The lowest BCUT2D eigenvalue weighted by Crippen LogP contribution is -2.55. The summed E-state index contributed by atoms with van der Waals surface area (Å²) in [6.45, 7) is 14.1. The summed E-state index contributed by atoms with van der Waals surface area (Å²) in [5.41, 5.74) is 3.28. The van der Waals surface area contributed by atoms with Crippen LogP contribution in [0.2, 0.25) is 0 Å². The molecule has 0 saturated carbocycles. The van der Waals surface area contributed by atoms with Crippen LogP contribution in [0.25, 0.3) is 11.1 Å². The van der Waals surface area contributed by atoms with Gasteiger partial charge in [-0.25, -0.2) is 0 Å². The highest BCUT2D eigenvalue weighted by molar-refractivity contribution is 6.48. The number of hydrogen-bond acceptors (Lipinski definition) is 4. The van der Waals surface area contributed by atoms with Gasteiger partial charge in [-0.05, 0) is 75.3 Å². The lowest BCUT2D eigenvalue weighted by molar-refractivity contribution is -0.123. The van der Waals surface area contributed by atoms with Crippen LogP contribution in [-0.4, -0.2) is 42.1 Å². The first kappa shape index (κ1) is 30.5. The van der Waals surface area contributed by atoms with Gasteiger partial charge in [0, 0.05) is 12.0 Å². The van der Waals surface area contributed by atoms with Gasteiger partial charge in [-0.1, -0.05) is 86.6 Å². The lowest BCUT2D eigenvalue weighted by atomic mass is 9.73. The van der Waals surface area contributed by atoms with Gasteiger partial charge in [0.15, 0.2) is 0 Å². The predicted octanol–water partition coefficient (Wildman–Crippen LogP) is 6.17. The Bertz CT molecular complexity index is 1330. The first-order valence-corrected chi connectivity index (χ1v) is 14.5. The Labute approximate surface area is 245 Å². The maximum Gasteiger partial charge on any atom is 0.481 e. The van der Waals surface area contributed by atoms with E-state index in [2.05, 4.69) is 24.5 Å². The molecule has 216 valence electrons. The summed E-state index contributed by atoms with van der Waals surface area (Å²) in [6, 6.07) is 24.7. The number of carbonyl (C=O) groups is 2. The molecule has 6 nitrogen and oxygen atoms in total. The third-order valence-corrected chi connectivity index (χ3v) is 8.15. The molecule has 1 fully saturated rings. The molecule has 1 heterocycles. The van der Waals surface area contributed by atoms with Crippen molar-refractivity contribution in [3.05, 3.63) is 95.6 Å². The van der Waals surface area contributed by atoms with Crippen molar-refractivity contribution in [3.63, 3.8) is 0 Å². The molecule has 7 heteroatoms. The van der Waals surface area contributed by atoms with E-state index in [1.807, 2.05) is 113 Å². The molecular weight excluding hydrogens is 511 g/mol. The van der Waals surface area contributed by atoms with Crippen molar-refractivity contribution in [2.24, 2.45) is 5.92 Å². The van der Waals surface area contributed by atoms with Crippen molar-refractivity contribution in [1.82, 2.24) is 10.6 Å². The molecule has 1 aliphatic rings. The van der Waals surface area contributed by atoms with E-state index in [0.29, 0.717) is 24.3 Å². The zero-order chi connectivity index (χ0) is 29.8. The van der Waals surface area contributed by atoms with Crippen molar-refractivity contribution < 1.29 is 18.9 Å². The van der Waals surface area contributed by atoms with Gasteiger partial charge in [-0.15, -0.1) is 0 Å². The summed E-state index contributed by atoms with van der Waals surface area (Å²) < 4.78 is 12.6. The molecule has 0 unspecified atom stereocenters. The Morgan fingerprint density at radius 2 is 1.39 bits per heavy atom. The topological polar surface area (TPSA) is 76.7 Å². The predicted molar refractivity (Wildman–Crippen MR) is 165 cm³/mol. The van der Waals surface area contributed by atoms with Crippen LogP contribution < -0.4 is 10.6 Å². The first-order valence-electron chi connectivity index (χ1n) is 14.5. The average Bonchev–Trinajstić information content (AvgIpc) is 3.15. The summed E-state index contributed by atoms with van der Waals surface area (Å²) in [4.78, 5) is 27.6. The molecule has 2 amide bonds. The molecule has 1 saturated heterocycles. The van der Waals surface area contributed by atoms with Crippen molar-refractivity contribution in [2.45, 2.75) is 84.5 Å². The summed E-state index contributed by atoms with van der Waals surface area (Å²) in [6.07, 6.45) is 1.03. The van der Waals surface area contributed by atoms with E-state index < -0.39 is 24.4 Å². The largest absolute Gasteiger partial charge is 0.481 e. The van der Waals surface area contributed by atoms with Gasteiger partial charge >= 0.3 is 7.12 Å². The Hall–Kier alpha value is -3.42. The van der Waals surface area contributed by atoms with Crippen LogP contribution in [0.3, 0.4) is 0 Å². The SMILES string of the molecule is Cc1ccc(-c2ccccc2)cc1C(=O)N[C@@H](Cc1ccccc1)C(=O)N[C@@H](CC(C)C)B1OC(C)(C)C(C)(C)O1. The molecule has 2 atom stereocenters. The zero-order valence-electron chi connectivity index (χ0n) is 25.4. The standard InChI is InChI=1S/C34H43BN2O4/c1-23(2)20-30(35-40-33(4,5)34(6,7)41-35)37-32(39)29(21-25-14-10-8-11-15-25)36-31(38)28-22-27(19-18-24(28)3)26-16-12-9-13-17-26/h8-19,22-23,29-30H,20-21H2,1-7H3,(H,36,38)(H,37,39)/t29-,30-/m0/s1. The van der Waals surface area contributed by atoms with Crippen LogP contribution in [0.1, 0.15) is 69.4 Å².